The number of nitrogens with one attached hydrogen (secondary N) is 1. The van der Waals surface area contributed by atoms with Crippen LogP contribution in [-0.2, 0) is 6.61 Å². The largest absolute Gasteiger partial charge is 0.488 e. The minimum atomic E-state index is -0.496. The summed E-state index contributed by atoms with van der Waals surface area (Å²) in [5.74, 6) is -0.0520. The van der Waals surface area contributed by atoms with Crippen molar-refractivity contribution in [2.75, 3.05) is 0 Å². The van der Waals surface area contributed by atoms with Gasteiger partial charge in [0, 0.05) is 22.7 Å². The third-order valence-corrected chi connectivity index (χ3v) is 4.15. The number of hydrogen-bond acceptors (Lipinski definition) is 5. The van der Waals surface area contributed by atoms with Crippen LogP contribution in [0.2, 0.25) is 5.02 Å². The number of halogens is 1. The fourth-order valence-electron chi connectivity index (χ4n) is 2.47. The molecule has 0 radical (unpaired) electrons. The van der Waals surface area contributed by atoms with Crippen LogP contribution in [0.5, 0.6) is 5.75 Å². The van der Waals surface area contributed by atoms with Crippen LogP contribution in [-0.4, -0.2) is 17.0 Å². The zero-order chi connectivity index (χ0) is 20.6. The number of nitro benzene ring substituents is 1. The van der Waals surface area contributed by atoms with Crippen LogP contribution in [0.15, 0.2) is 77.9 Å². The van der Waals surface area contributed by atoms with Crippen molar-refractivity contribution < 1.29 is 14.5 Å². The molecule has 0 heterocycles. The van der Waals surface area contributed by atoms with E-state index in [0.717, 1.165) is 5.56 Å². The molecule has 1 N–H and O–H groups in total. The molecule has 0 spiro atoms. The highest BCUT2D eigenvalue weighted by molar-refractivity contribution is 6.30. The first-order chi connectivity index (χ1) is 14.0. The summed E-state index contributed by atoms with van der Waals surface area (Å²) in [5, 5.41) is 15.3. The quantitative estimate of drug-likeness (QED) is 0.351. The standard InChI is InChI=1S/C21H16ClN3O4/c22-17-10-8-15(9-11-17)14-29-20-7-2-1-6-19(20)21(26)24-23-13-16-4-3-5-18(12-16)25(27)28/h1-13H,14H2,(H,24,26). The third kappa shape index (κ3) is 5.63. The van der Waals surface area contributed by atoms with Crippen LogP contribution in [0.3, 0.4) is 0 Å². The molecule has 29 heavy (non-hydrogen) atoms. The summed E-state index contributed by atoms with van der Waals surface area (Å²) in [5.41, 5.74) is 4.07. The van der Waals surface area contributed by atoms with Gasteiger partial charge in [-0.25, -0.2) is 5.43 Å². The van der Waals surface area contributed by atoms with Gasteiger partial charge in [0.25, 0.3) is 11.6 Å². The molecular weight excluding hydrogens is 394 g/mol. The van der Waals surface area contributed by atoms with E-state index in [1.54, 1.807) is 48.5 Å². The molecule has 0 saturated heterocycles. The Bertz CT molecular complexity index is 1050. The van der Waals surface area contributed by atoms with E-state index in [-0.39, 0.29) is 12.3 Å². The molecule has 0 aliphatic rings. The predicted octanol–water partition coefficient (Wildman–Crippen LogP) is 4.59. The molecule has 8 heteroatoms. The minimum Gasteiger partial charge on any atom is -0.488 e. The second-order valence-electron chi connectivity index (χ2n) is 5.96. The third-order valence-electron chi connectivity index (χ3n) is 3.90. The molecule has 0 aliphatic carbocycles. The molecule has 0 unspecified atom stereocenters. The van der Waals surface area contributed by atoms with Crippen LogP contribution in [0, 0.1) is 10.1 Å². The summed E-state index contributed by atoms with van der Waals surface area (Å²) >= 11 is 5.87. The van der Waals surface area contributed by atoms with E-state index >= 15 is 0 Å². The van der Waals surface area contributed by atoms with E-state index in [9.17, 15) is 14.9 Å². The number of non-ortho nitro benzene ring substituents is 1. The van der Waals surface area contributed by atoms with Gasteiger partial charge in [-0.3, -0.25) is 14.9 Å². The second-order valence-corrected chi connectivity index (χ2v) is 6.40. The number of hydrogen-bond donors (Lipinski definition) is 1. The zero-order valence-corrected chi connectivity index (χ0v) is 15.9. The number of hydrazone groups is 1. The second kappa shape index (κ2) is 9.48. The Morgan fingerprint density at radius 2 is 1.86 bits per heavy atom. The number of nitrogens with zero attached hydrogens (tertiary/aromatic N) is 2. The molecule has 3 rings (SSSR count). The van der Waals surface area contributed by atoms with Crippen molar-refractivity contribution in [3.05, 3.63) is 105 Å². The molecule has 3 aromatic rings. The number of rotatable bonds is 7. The first-order valence-electron chi connectivity index (χ1n) is 8.57. The lowest BCUT2D eigenvalue weighted by Crippen LogP contribution is -2.18. The number of carbonyl (C=O) groups is 1. The van der Waals surface area contributed by atoms with Gasteiger partial charge in [-0.05, 0) is 29.8 Å². The monoisotopic (exact) mass is 409 g/mol. The van der Waals surface area contributed by atoms with Gasteiger partial charge in [0.1, 0.15) is 12.4 Å². The maximum atomic E-state index is 12.5. The highest BCUT2D eigenvalue weighted by Crippen LogP contribution is 2.20. The molecule has 0 fully saturated rings. The summed E-state index contributed by atoms with van der Waals surface area (Å²) < 4.78 is 5.76. The molecule has 7 nitrogen and oxygen atoms in total. The predicted molar refractivity (Wildman–Crippen MR) is 110 cm³/mol. The molecule has 0 aliphatic heterocycles. The topological polar surface area (TPSA) is 93.8 Å². The van der Waals surface area contributed by atoms with Crippen molar-refractivity contribution in [3.63, 3.8) is 0 Å². The zero-order valence-electron chi connectivity index (χ0n) is 15.1. The van der Waals surface area contributed by atoms with Crippen molar-refractivity contribution in [2.45, 2.75) is 6.61 Å². The Labute approximate surface area is 171 Å². The fourth-order valence-corrected chi connectivity index (χ4v) is 2.59. The van der Waals surface area contributed by atoms with Gasteiger partial charge in [0.2, 0.25) is 0 Å². The summed E-state index contributed by atoms with van der Waals surface area (Å²) in [6, 6.07) is 19.9. The van der Waals surface area contributed by atoms with E-state index in [2.05, 4.69) is 10.5 Å². The van der Waals surface area contributed by atoms with E-state index in [4.69, 9.17) is 16.3 Å². The number of benzene rings is 3. The van der Waals surface area contributed by atoms with Gasteiger partial charge in [0.05, 0.1) is 16.7 Å². The average Bonchev–Trinajstić information content (AvgIpc) is 2.73. The van der Waals surface area contributed by atoms with E-state index in [1.165, 1.54) is 18.3 Å². The molecule has 0 bridgehead atoms. The lowest BCUT2D eigenvalue weighted by molar-refractivity contribution is -0.384. The van der Waals surface area contributed by atoms with E-state index in [0.29, 0.717) is 21.9 Å². The van der Waals surface area contributed by atoms with Crippen molar-refractivity contribution in [1.29, 1.82) is 0 Å². The molecular formula is C21H16ClN3O4. The molecule has 0 saturated carbocycles. The fraction of sp³-hybridized carbons (Fsp3) is 0.0476. The summed E-state index contributed by atoms with van der Waals surface area (Å²) in [4.78, 5) is 22.8. The van der Waals surface area contributed by atoms with Crippen molar-refractivity contribution >= 4 is 29.4 Å². The average molecular weight is 410 g/mol. The minimum absolute atomic E-state index is 0.0544. The Morgan fingerprint density at radius 3 is 2.62 bits per heavy atom. The number of para-hydroxylation sites is 1. The van der Waals surface area contributed by atoms with Crippen LogP contribution >= 0.6 is 11.6 Å². The number of ether oxygens (including phenoxy) is 1. The first-order valence-corrected chi connectivity index (χ1v) is 8.95. The van der Waals surface area contributed by atoms with Crippen molar-refractivity contribution in [3.8, 4) is 5.75 Å². The Hall–Kier alpha value is -3.71. The van der Waals surface area contributed by atoms with Crippen molar-refractivity contribution in [2.24, 2.45) is 5.10 Å². The lowest BCUT2D eigenvalue weighted by Gasteiger charge is -2.10. The molecule has 0 atom stereocenters. The lowest BCUT2D eigenvalue weighted by atomic mass is 10.2. The van der Waals surface area contributed by atoms with Crippen LogP contribution in [0.25, 0.3) is 0 Å². The molecule has 0 aromatic heterocycles. The summed E-state index contributed by atoms with van der Waals surface area (Å²) in [7, 11) is 0. The number of nitro groups is 1. The molecule has 1 amide bonds. The van der Waals surface area contributed by atoms with Crippen LogP contribution < -0.4 is 10.2 Å². The maximum absolute atomic E-state index is 12.5. The van der Waals surface area contributed by atoms with Gasteiger partial charge in [0.15, 0.2) is 0 Å². The van der Waals surface area contributed by atoms with Gasteiger partial charge < -0.3 is 4.74 Å². The van der Waals surface area contributed by atoms with E-state index < -0.39 is 10.8 Å². The highest BCUT2D eigenvalue weighted by Gasteiger charge is 2.12. The SMILES string of the molecule is O=C(NN=Cc1cccc([N+](=O)[O-])c1)c1ccccc1OCc1ccc(Cl)cc1. The highest BCUT2D eigenvalue weighted by atomic mass is 35.5. The molecule has 3 aromatic carbocycles. The Kier molecular flexibility index (Phi) is 6.55. The Morgan fingerprint density at radius 1 is 1.10 bits per heavy atom. The maximum Gasteiger partial charge on any atom is 0.275 e. The van der Waals surface area contributed by atoms with Gasteiger partial charge in [-0.15, -0.1) is 0 Å². The Balaban J connectivity index is 1.65. The first kappa shape index (κ1) is 20.0. The smallest absolute Gasteiger partial charge is 0.275 e. The van der Waals surface area contributed by atoms with Crippen LogP contribution in [0.1, 0.15) is 21.5 Å². The summed E-state index contributed by atoms with van der Waals surface area (Å²) in [6.07, 6.45) is 1.34. The van der Waals surface area contributed by atoms with Crippen LogP contribution in [0.4, 0.5) is 5.69 Å². The van der Waals surface area contributed by atoms with Gasteiger partial charge >= 0.3 is 0 Å². The molecule has 146 valence electrons. The normalized spacial score (nSPS) is 10.7. The number of amides is 1. The van der Waals surface area contributed by atoms with E-state index in [1.807, 2.05) is 12.1 Å². The van der Waals surface area contributed by atoms with Gasteiger partial charge in [-0.1, -0.05) is 48.0 Å². The summed E-state index contributed by atoms with van der Waals surface area (Å²) in [6.45, 7) is 0.276. The number of carbonyl (C=O) groups excluding carboxylic acids is 1. The van der Waals surface area contributed by atoms with Gasteiger partial charge in [-0.2, -0.15) is 5.10 Å². The van der Waals surface area contributed by atoms with Crippen molar-refractivity contribution in [1.82, 2.24) is 5.43 Å².